The molecule has 0 saturated heterocycles. The maximum atomic E-state index is 0. The van der Waals surface area contributed by atoms with E-state index in [1.54, 1.807) is 0 Å². The van der Waals surface area contributed by atoms with Gasteiger partial charge in [-0.3, -0.25) is 0 Å². The molecule has 0 fully saturated rings. The van der Waals surface area contributed by atoms with Gasteiger partial charge in [0.25, 0.3) is 0 Å². The van der Waals surface area contributed by atoms with Gasteiger partial charge in [0.1, 0.15) is 0 Å². The van der Waals surface area contributed by atoms with Gasteiger partial charge in [0.15, 0.2) is 17.4 Å². The Morgan fingerprint density at radius 1 is 1.00 bits per heavy atom. The van der Waals surface area contributed by atoms with E-state index >= 15 is 0 Å². The summed E-state index contributed by atoms with van der Waals surface area (Å²) in [5, 5.41) is 0. The van der Waals surface area contributed by atoms with Crippen LogP contribution in [0.3, 0.4) is 0 Å². The molecule has 0 aromatic rings. The molecule has 23 valence electrons. The van der Waals surface area contributed by atoms with Gasteiger partial charge in [-0.1, -0.05) is 0 Å². The normalized spacial score (nSPS) is 0. The molecule has 0 rings (SSSR count). The van der Waals surface area contributed by atoms with E-state index in [1.807, 2.05) is 0 Å². The first-order valence-electron chi connectivity index (χ1n) is 0. The molecule has 0 aliphatic rings. The van der Waals surface area contributed by atoms with Gasteiger partial charge in [0.2, 0.25) is 0 Å². The Bertz CT molecular complexity index is 8.00. The number of hydrogen-bond donors (Lipinski definition) is 0. The van der Waals surface area contributed by atoms with Gasteiger partial charge in [0, 0.05) is 36.5 Å². The molecule has 4 heteroatoms. The molecular formula is H6AlMnPZn. The standard InChI is InChI=1S/Al.Mn.H3P.Zn.3H/h;;1H3;;;;. The largest absolute Gasteiger partial charge is 0.187 e. The first-order chi connectivity index (χ1) is 0. The van der Waals surface area contributed by atoms with Gasteiger partial charge >= 0.3 is 0 Å². The van der Waals surface area contributed by atoms with E-state index in [-0.39, 0.29) is 63.8 Å². The Morgan fingerprint density at radius 3 is 1.00 bits per heavy atom. The van der Waals surface area contributed by atoms with Gasteiger partial charge in [-0.15, -0.1) is 0 Å². The molecule has 0 aromatic carbocycles. The van der Waals surface area contributed by atoms with Gasteiger partial charge in [0.05, 0.1) is 0 Å². The quantitative estimate of drug-likeness (QED) is 0.330. The van der Waals surface area contributed by atoms with Crippen LogP contribution in [0.4, 0.5) is 0 Å². The second kappa shape index (κ2) is 19.4. The second-order valence-electron chi connectivity index (χ2n) is 0. The van der Waals surface area contributed by atoms with Gasteiger partial charge in [-0.2, -0.15) is 9.90 Å². The minimum Gasteiger partial charge on any atom is -0.153 e. The molecule has 0 aliphatic heterocycles. The first-order valence-corrected chi connectivity index (χ1v) is 0. The first kappa shape index (κ1) is 35.9. The van der Waals surface area contributed by atoms with Crippen molar-refractivity contribution in [2.45, 2.75) is 0 Å². The van der Waals surface area contributed by atoms with Crippen molar-refractivity contribution in [2.75, 3.05) is 0 Å². The summed E-state index contributed by atoms with van der Waals surface area (Å²) in [6.45, 7) is 0. The van der Waals surface area contributed by atoms with Gasteiger partial charge < -0.3 is 0 Å². The van der Waals surface area contributed by atoms with Crippen LogP contribution in [-0.4, -0.2) is 17.4 Å². The molecule has 0 spiro atoms. The third-order valence-electron chi connectivity index (χ3n) is 0. The number of hydrogen-bond acceptors (Lipinski definition) is 0. The van der Waals surface area contributed by atoms with Crippen molar-refractivity contribution in [1.82, 2.24) is 0 Å². The van der Waals surface area contributed by atoms with Crippen LogP contribution in [0.2, 0.25) is 0 Å². The molecule has 0 aromatic heterocycles. The topological polar surface area (TPSA) is 0 Å². The van der Waals surface area contributed by atoms with Crippen LogP contribution in [0.25, 0.3) is 0 Å². The van der Waals surface area contributed by atoms with E-state index in [2.05, 4.69) is 0 Å². The molecule has 4 heavy (non-hydrogen) atoms. The van der Waals surface area contributed by atoms with Crippen LogP contribution in [-0.2, 0) is 36.5 Å². The van der Waals surface area contributed by atoms with E-state index < -0.39 is 0 Å². The summed E-state index contributed by atoms with van der Waals surface area (Å²) in [5.74, 6) is 0. The Kier molecular flexibility index (Phi) is 174. The summed E-state index contributed by atoms with van der Waals surface area (Å²) < 4.78 is 0. The van der Waals surface area contributed by atoms with Crippen LogP contribution in [0.15, 0.2) is 0 Å². The fraction of sp³-hybridized carbons (Fsp3) is 0. The number of rotatable bonds is 0. The van der Waals surface area contributed by atoms with Crippen molar-refractivity contribution in [1.29, 1.82) is 0 Å². The molecule has 1 unspecified atom stereocenters. The summed E-state index contributed by atoms with van der Waals surface area (Å²) in [6, 6.07) is 0. The predicted octanol–water partition coefficient (Wildman–Crippen LogP) is -1.13. The molecule has 0 nitrogen and oxygen atoms in total. The van der Waals surface area contributed by atoms with Crippen LogP contribution in [0.1, 0.15) is 0 Å². The van der Waals surface area contributed by atoms with Gasteiger partial charge in [-0.25, -0.2) is 0 Å². The molecular weight excluding hydrogens is 178 g/mol. The summed E-state index contributed by atoms with van der Waals surface area (Å²) in [4.78, 5) is 0. The SMILES string of the molecule is P.[AlH3].[Mn].[Zn]. The van der Waals surface area contributed by atoms with E-state index in [4.69, 9.17) is 0 Å². The molecule has 0 amide bonds. The van der Waals surface area contributed by atoms with Crippen molar-refractivity contribution in [3.63, 3.8) is 0 Å². The summed E-state index contributed by atoms with van der Waals surface area (Å²) in [7, 11) is 0. The average Bonchev–Trinajstić information content (AvgIpc) is 0. The predicted molar refractivity (Wildman–Crippen MR) is 21.0 cm³/mol. The Balaban J connectivity index is 0. The van der Waals surface area contributed by atoms with Crippen LogP contribution >= 0.6 is 9.90 Å². The van der Waals surface area contributed by atoms with E-state index in [0.717, 1.165) is 0 Å². The van der Waals surface area contributed by atoms with E-state index in [0.29, 0.717) is 0 Å². The molecule has 0 aliphatic carbocycles. The maximum Gasteiger partial charge on any atom is 0.187 e. The zero-order chi connectivity index (χ0) is 0. The van der Waals surface area contributed by atoms with Crippen molar-refractivity contribution in [2.24, 2.45) is 0 Å². The minimum atomic E-state index is 0. The van der Waals surface area contributed by atoms with Crippen LogP contribution in [0, 0.1) is 0 Å². The van der Waals surface area contributed by atoms with E-state index in [9.17, 15) is 0 Å². The van der Waals surface area contributed by atoms with Crippen molar-refractivity contribution < 1.29 is 36.5 Å². The smallest absolute Gasteiger partial charge is 0.153 e. The molecule has 0 saturated carbocycles. The minimum absolute atomic E-state index is 0. The molecule has 1 radical (unpaired) electrons. The summed E-state index contributed by atoms with van der Waals surface area (Å²) in [5.41, 5.74) is 0. The van der Waals surface area contributed by atoms with Crippen LogP contribution in [0.5, 0.6) is 0 Å². The summed E-state index contributed by atoms with van der Waals surface area (Å²) >= 11 is 0. The molecule has 0 bridgehead atoms. The Morgan fingerprint density at radius 2 is 1.00 bits per heavy atom. The molecule has 1 atom stereocenters. The van der Waals surface area contributed by atoms with Crippen molar-refractivity contribution in [3.8, 4) is 0 Å². The molecule has 0 N–H and O–H groups in total. The third-order valence-corrected chi connectivity index (χ3v) is 0. The van der Waals surface area contributed by atoms with Crippen molar-refractivity contribution >= 4 is 27.3 Å². The monoisotopic (exact) mass is 183 g/mol. The zero-order valence-corrected chi connectivity index (χ0v) is 7.35. The second-order valence-corrected chi connectivity index (χ2v) is 0. The average molecular weight is 184 g/mol. The zero-order valence-electron chi connectivity index (χ0n) is 1.79. The Hall–Kier alpha value is 2.11. The van der Waals surface area contributed by atoms with Crippen LogP contribution < -0.4 is 0 Å². The maximum absolute atomic E-state index is 0. The third kappa shape index (κ3) is 8.93. The van der Waals surface area contributed by atoms with Crippen molar-refractivity contribution in [3.05, 3.63) is 0 Å². The summed E-state index contributed by atoms with van der Waals surface area (Å²) in [6.07, 6.45) is 0. The van der Waals surface area contributed by atoms with Gasteiger partial charge in [-0.05, 0) is 0 Å². The van der Waals surface area contributed by atoms with E-state index in [1.165, 1.54) is 0 Å². The molecule has 0 heterocycles. The fourth-order valence-electron chi connectivity index (χ4n) is 0. The Labute approximate surface area is 63.5 Å². The fourth-order valence-corrected chi connectivity index (χ4v) is 0.